The van der Waals surface area contributed by atoms with Crippen LogP contribution in [0.3, 0.4) is 0 Å². The molecule has 29 heavy (non-hydrogen) atoms. The number of anilines is 3. The Kier molecular flexibility index (Phi) is 4.91. The number of rotatable bonds is 4. The maximum Gasteiger partial charge on any atom is 0.274 e. The Labute approximate surface area is 169 Å². The monoisotopic (exact) mass is 383 g/mol. The second kappa shape index (κ2) is 7.67. The van der Waals surface area contributed by atoms with E-state index in [9.17, 15) is 4.79 Å². The quantitative estimate of drug-likeness (QED) is 0.521. The van der Waals surface area contributed by atoms with Crippen molar-refractivity contribution in [1.29, 1.82) is 0 Å². The predicted molar refractivity (Wildman–Crippen MR) is 116 cm³/mol. The maximum absolute atomic E-state index is 12.9. The molecule has 0 radical (unpaired) electrons. The summed E-state index contributed by atoms with van der Waals surface area (Å²) in [5.74, 6) is 0.0752. The molecule has 4 aromatic rings. The van der Waals surface area contributed by atoms with Crippen LogP contribution in [0.25, 0.3) is 10.9 Å². The summed E-state index contributed by atoms with van der Waals surface area (Å²) in [4.78, 5) is 26.0. The van der Waals surface area contributed by atoms with E-state index < -0.39 is 0 Å². The molecule has 2 N–H and O–H groups in total. The standard InChI is InChI=1S/C23H21N5O/c1-14-9-10-18(12-15(14)2)26-23-25-16(3)13-20(28-23)22(29)27-19-8-4-6-17-7-5-11-24-21(17)19/h4-13H,1-3H3,(H,27,29)(H,25,26,28). The molecule has 2 aromatic carbocycles. The Balaban J connectivity index is 1.61. The highest BCUT2D eigenvalue weighted by Crippen LogP contribution is 2.22. The molecule has 6 heteroatoms. The smallest absolute Gasteiger partial charge is 0.274 e. The van der Waals surface area contributed by atoms with Gasteiger partial charge in [0.15, 0.2) is 0 Å². The molecule has 0 bridgehead atoms. The van der Waals surface area contributed by atoms with Crippen molar-refractivity contribution in [3.63, 3.8) is 0 Å². The van der Waals surface area contributed by atoms with Gasteiger partial charge in [-0.3, -0.25) is 9.78 Å². The first kappa shape index (κ1) is 18.6. The number of fused-ring (bicyclic) bond motifs is 1. The zero-order chi connectivity index (χ0) is 20.4. The van der Waals surface area contributed by atoms with Crippen molar-refractivity contribution in [1.82, 2.24) is 15.0 Å². The Morgan fingerprint density at radius 2 is 1.72 bits per heavy atom. The van der Waals surface area contributed by atoms with Crippen LogP contribution in [0.15, 0.2) is 60.8 Å². The first-order valence-electron chi connectivity index (χ1n) is 9.35. The molecule has 0 spiro atoms. The maximum atomic E-state index is 12.9. The molecule has 0 saturated carbocycles. The minimum atomic E-state index is -0.309. The molecule has 0 aliphatic heterocycles. The van der Waals surface area contributed by atoms with Gasteiger partial charge in [-0.2, -0.15) is 0 Å². The second-order valence-corrected chi connectivity index (χ2v) is 6.98. The molecular formula is C23H21N5O. The molecule has 0 atom stereocenters. The fourth-order valence-corrected chi connectivity index (χ4v) is 3.08. The first-order valence-corrected chi connectivity index (χ1v) is 9.35. The van der Waals surface area contributed by atoms with Crippen LogP contribution in [-0.2, 0) is 0 Å². The van der Waals surface area contributed by atoms with Gasteiger partial charge in [0, 0.05) is 23.0 Å². The van der Waals surface area contributed by atoms with Gasteiger partial charge >= 0.3 is 0 Å². The predicted octanol–water partition coefficient (Wildman–Crippen LogP) is 4.95. The van der Waals surface area contributed by atoms with Gasteiger partial charge in [-0.25, -0.2) is 9.97 Å². The summed E-state index contributed by atoms with van der Waals surface area (Å²) < 4.78 is 0. The van der Waals surface area contributed by atoms with Crippen LogP contribution in [0.5, 0.6) is 0 Å². The van der Waals surface area contributed by atoms with Crippen molar-refractivity contribution in [2.45, 2.75) is 20.8 Å². The Morgan fingerprint density at radius 1 is 0.897 bits per heavy atom. The lowest BCUT2D eigenvalue weighted by Gasteiger charge is -2.11. The summed E-state index contributed by atoms with van der Waals surface area (Å²) >= 11 is 0. The molecule has 0 aliphatic rings. The number of nitrogens with zero attached hydrogens (tertiary/aromatic N) is 3. The molecule has 0 unspecified atom stereocenters. The summed E-state index contributed by atoms with van der Waals surface area (Å²) in [5.41, 5.74) is 5.64. The molecule has 6 nitrogen and oxygen atoms in total. The lowest BCUT2D eigenvalue weighted by atomic mass is 10.1. The number of aromatic nitrogens is 3. The van der Waals surface area contributed by atoms with Gasteiger partial charge < -0.3 is 10.6 Å². The van der Waals surface area contributed by atoms with Gasteiger partial charge in [0.25, 0.3) is 5.91 Å². The van der Waals surface area contributed by atoms with E-state index in [1.54, 1.807) is 12.3 Å². The SMILES string of the molecule is Cc1cc(C(=O)Nc2cccc3cccnc23)nc(Nc2ccc(C)c(C)c2)n1. The van der Waals surface area contributed by atoms with Gasteiger partial charge in [0.1, 0.15) is 5.69 Å². The van der Waals surface area contributed by atoms with E-state index >= 15 is 0 Å². The van der Waals surface area contributed by atoms with Crippen LogP contribution >= 0.6 is 0 Å². The number of hydrogen-bond acceptors (Lipinski definition) is 5. The number of amides is 1. The number of para-hydroxylation sites is 1. The highest BCUT2D eigenvalue weighted by molar-refractivity contribution is 6.07. The van der Waals surface area contributed by atoms with E-state index in [2.05, 4.69) is 39.4 Å². The van der Waals surface area contributed by atoms with Crippen LogP contribution in [-0.4, -0.2) is 20.9 Å². The lowest BCUT2D eigenvalue weighted by molar-refractivity contribution is 0.102. The molecule has 144 valence electrons. The topological polar surface area (TPSA) is 79.8 Å². The highest BCUT2D eigenvalue weighted by Gasteiger charge is 2.13. The largest absolute Gasteiger partial charge is 0.324 e. The number of nitrogens with one attached hydrogen (secondary N) is 2. The summed E-state index contributed by atoms with van der Waals surface area (Å²) in [6.45, 7) is 5.95. The van der Waals surface area contributed by atoms with Crippen LogP contribution in [0, 0.1) is 20.8 Å². The van der Waals surface area contributed by atoms with Crippen molar-refractivity contribution in [3.05, 3.63) is 83.3 Å². The van der Waals surface area contributed by atoms with Crippen molar-refractivity contribution in [3.8, 4) is 0 Å². The number of carbonyl (C=O) groups is 1. The number of hydrogen-bond donors (Lipinski definition) is 2. The minimum absolute atomic E-state index is 0.289. The van der Waals surface area contributed by atoms with E-state index in [0.717, 1.165) is 16.6 Å². The van der Waals surface area contributed by atoms with Crippen molar-refractivity contribution < 1.29 is 4.79 Å². The van der Waals surface area contributed by atoms with E-state index in [1.807, 2.05) is 55.5 Å². The normalized spacial score (nSPS) is 10.7. The number of aryl methyl sites for hydroxylation is 3. The second-order valence-electron chi connectivity index (χ2n) is 6.98. The molecule has 4 rings (SSSR count). The van der Waals surface area contributed by atoms with Gasteiger partial charge in [0.2, 0.25) is 5.95 Å². The van der Waals surface area contributed by atoms with Crippen LogP contribution in [0.1, 0.15) is 27.3 Å². The molecule has 2 aromatic heterocycles. The van der Waals surface area contributed by atoms with Gasteiger partial charge in [-0.1, -0.05) is 24.3 Å². The molecule has 0 saturated heterocycles. The number of carbonyl (C=O) groups excluding carboxylic acids is 1. The molecule has 2 heterocycles. The third-order valence-electron chi connectivity index (χ3n) is 4.73. The van der Waals surface area contributed by atoms with Gasteiger partial charge in [-0.15, -0.1) is 0 Å². The van der Waals surface area contributed by atoms with Crippen LogP contribution in [0.4, 0.5) is 17.3 Å². The zero-order valence-electron chi connectivity index (χ0n) is 16.5. The van der Waals surface area contributed by atoms with E-state index in [0.29, 0.717) is 17.3 Å². The third-order valence-corrected chi connectivity index (χ3v) is 4.73. The molecule has 0 fully saturated rings. The summed E-state index contributed by atoms with van der Waals surface area (Å²) in [6.07, 6.45) is 1.71. The number of pyridine rings is 1. The number of benzene rings is 2. The van der Waals surface area contributed by atoms with Crippen LogP contribution < -0.4 is 10.6 Å². The van der Waals surface area contributed by atoms with Crippen molar-refractivity contribution >= 4 is 34.1 Å². The average molecular weight is 383 g/mol. The summed E-state index contributed by atoms with van der Waals surface area (Å²) in [6, 6.07) is 17.2. The lowest BCUT2D eigenvalue weighted by Crippen LogP contribution is -2.16. The fourth-order valence-electron chi connectivity index (χ4n) is 3.08. The minimum Gasteiger partial charge on any atom is -0.324 e. The van der Waals surface area contributed by atoms with Crippen molar-refractivity contribution in [2.24, 2.45) is 0 Å². The van der Waals surface area contributed by atoms with Crippen LogP contribution in [0.2, 0.25) is 0 Å². The van der Waals surface area contributed by atoms with Crippen molar-refractivity contribution in [2.75, 3.05) is 10.6 Å². The first-order chi connectivity index (χ1) is 14.0. The van der Waals surface area contributed by atoms with Gasteiger partial charge in [0.05, 0.1) is 11.2 Å². The average Bonchev–Trinajstić information content (AvgIpc) is 2.70. The molecule has 1 amide bonds. The molecular weight excluding hydrogens is 362 g/mol. The third kappa shape index (κ3) is 4.06. The van der Waals surface area contributed by atoms with E-state index in [4.69, 9.17) is 0 Å². The summed E-state index contributed by atoms with van der Waals surface area (Å²) in [7, 11) is 0. The Hall–Kier alpha value is -3.80. The van der Waals surface area contributed by atoms with E-state index in [-0.39, 0.29) is 11.6 Å². The van der Waals surface area contributed by atoms with Gasteiger partial charge in [-0.05, 0) is 62.2 Å². The highest BCUT2D eigenvalue weighted by atomic mass is 16.1. The zero-order valence-corrected chi connectivity index (χ0v) is 16.5. The van der Waals surface area contributed by atoms with E-state index in [1.165, 1.54) is 11.1 Å². The Morgan fingerprint density at radius 3 is 2.55 bits per heavy atom. The summed E-state index contributed by atoms with van der Waals surface area (Å²) in [5, 5.41) is 7.06. The fraction of sp³-hybridized carbons (Fsp3) is 0.130. The molecule has 0 aliphatic carbocycles. The Bertz CT molecular complexity index is 1210.